The lowest BCUT2D eigenvalue weighted by Crippen LogP contribution is -2.32. The number of hydrogen-bond donors (Lipinski definition) is 3. The fraction of sp³-hybridized carbons (Fsp3) is 0.517. The van der Waals surface area contributed by atoms with Gasteiger partial charge in [-0.3, -0.25) is 24.0 Å². The van der Waals surface area contributed by atoms with Crippen LogP contribution in [0.5, 0.6) is 0 Å². The lowest BCUT2D eigenvalue weighted by Gasteiger charge is -2.15. The summed E-state index contributed by atoms with van der Waals surface area (Å²) in [6.07, 6.45) is 3.03. The quantitative estimate of drug-likeness (QED) is 0.187. The fourth-order valence-electron chi connectivity index (χ4n) is 4.92. The normalized spacial score (nSPS) is 19.5. The van der Waals surface area contributed by atoms with E-state index in [9.17, 15) is 38.4 Å². The molecule has 0 bridgehead atoms. The minimum atomic E-state index is -0.952. The summed E-state index contributed by atoms with van der Waals surface area (Å²) in [5, 5.41) is 9.37. The first kappa shape index (κ1) is 33.4. The Kier molecular flexibility index (Phi) is 11.5. The molecular formula is C29H35N5O10S. The lowest BCUT2D eigenvalue weighted by atomic mass is 10.0. The smallest absolute Gasteiger partial charge is 0.334 e. The van der Waals surface area contributed by atoms with Crippen LogP contribution in [0.3, 0.4) is 0 Å². The summed E-state index contributed by atoms with van der Waals surface area (Å²) in [5.41, 5.74) is 0.897. The number of carbonyl (C=O) groups excluding carboxylic acids is 8. The molecular weight excluding hydrogens is 610 g/mol. The SMILES string of the molecule is CC1NC(=O)NC1CCCCCC(=O)Nc1cc(CSCCC(=O)ON2C(=O)CCC2=O)cc(C(=O)ON2C(=O)CCC2=O)c1. The number of nitrogens with zero attached hydrogens (tertiary/aromatic N) is 2. The van der Waals surface area contributed by atoms with Gasteiger partial charge in [0.2, 0.25) is 5.91 Å². The van der Waals surface area contributed by atoms with E-state index in [1.165, 1.54) is 23.9 Å². The van der Waals surface area contributed by atoms with Gasteiger partial charge in [0.1, 0.15) is 0 Å². The van der Waals surface area contributed by atoms with Gasteiger partial charge in [0, 0.05) is 55.3 Å². The number of hydrogen-bond acceptors (Lipinski definition) is 11. The molecule has 15 nitrogen and oxygen atoms in total. The topological polar surface area (TPSA) is 198 Å². The molecule has 1 aromatic carbocycles. The minimum Gasteiger partial charge on any atom is -0.334 e. The van der Waals surface area contributed by atoms with E-state index in [1.54, 1.807) is 6.07 Å². The van der Waals surface area contributed by atoms with Gasteiger partial charge >= 0.3 is 18.0 Å². The largest absolute Gasteiger partial charge is 0.364 e. The van der Waals surface area contributed by atoms with Crippen molar-refractivity contribution in [1.29, 1.82) is 0 Å². The number of imide groups is 2. The summed E-state index contributed by atoms with van der Waals surface area (Å²) >= 11 is 1.30. The summed E-state index contributed by atoms with van der Waals surface area (Å²) in [7, 11) is 0. The van der Waals surface area contributed by atoms with Crippen LogP contribution < -0.4 is 16.0 Å². The molecule has 2 unspecified atom stereocenters. The highest BCUT2D eigenvalue weighted by Crippen LogP contribution is 2.23. The van der Waals surface area contributed by atoms with Gasteiger partial charge in [-0.2, -0.15) is 11.8 Å². The third-order valence-corrected chi connectivity index (χ3v) is 8.34. The van der Waals surface area contributed by atoms with Crippen molar-refractivity contribution in [1.82, 2.24) is 20.8 Å². The molecule has 3 heterocycles. The van der Waals surface area contributed by atoms with E-state index < -0.39 is 35.6 Å². The number of nitrogens with one attached hydrogen (secondary N) is 3. The molecule has 1 aromatic rings. The van der Waals surface area contributed by atoms with Crippen LogP contribution in [0.2, 0.25) is 0 Å². The maximum atomic E-state index is 12.9. The number of thioether (sulfide) groups is 1. The molecule has 0 saturated carbocycles. The number of unbranched alkanes of at least 4 members (excludes halogenated alkanes) is 2. The van der Waals surface area contributed by atoms with Crippen molar-refractivity contribution in [2.24, 2.45) is 0 Å². The molecule has 45 heavy (non-hydrogen) atoms. The molecule has 0 aromatic heterocycles. The fourth-order valence-corrected chi connectivity index (χ4v) is 5.78. The number of anilines is 1. The van der Waals surface area contributed by atoms with Crippen LogP contribution in [0.1, 0.15) is 87.1 Å². The molecule has 7 amide bonds. The van der Waals surface area contributed by atoms with Crippen molar-refractivity contribution in [2.45, 2.75) is 89.0 Å². The standard InChI is InChI=1S/C29H35N5O10S/c1-17-21(32-29(42)30-17)5-3-2-4-6-22(35)31-20-14-18(13-19(15-20)28(41)44-34-25(38)9-10-26(34)39)16-45-12-11-27(40)43-33-23(36)7-8-24(33)37/h13-15,17,21H,2-12,16H2,1H3,(H,31,35)(H2,30,32,42). The van der Waals surface area contributed by atoms with E-state index in [2.05, 4.69) is 16.0 Å². The van der Waals surface area contributed by atoms with Gasteiger partial charge in [-0.05, 0) is 43.5 Å². The second kappa shape index (κ2) is 15.5. The minimum absolute atomic E-state index is 0.00251. The number of benzene rings is 1. The van der Waals surface area contributed by atoms with Crippen molar-refractivity contribution in [3.05, 3.63) is 29.3 Å². The molecule has 3 fully saturated rings. The van der Waals surface area contributed by atoms with E-state index in [0.29, 0.717) is 33.6 Å². The molecule has 4 rings (SSSR count). The zero-order valence-corrected chi connectivity index (χ0v) is 25.6. The third kappa shape index (κ3) is 9.51. The van der Waals surface area contributed by atoms with Crippen LogP contribution in [-0.4, -0.2) is 75.5 Å². The van der Waals surface area contributed by atoms with Crippen molar-refractivity contribution in [2.75, 3.05) is 11.1 Å². The van der Waals surface area contributed by atoms with E-state index in [1.807, 2.05) is 6.92 Å². The van der Waals surface area contributed by atoms with E-state index in [-0.39, 0.29) is 73.9 Å². The molecule has 3 saturated heterocycles. The highest BCUT2D eigenvalue weighted by atomic mass is 32.2. The zero-order valence-electron chi connectivity index (χ0n) is 24.8. The summed E-state index contributed by atoms with van der Waals surface area (Å²) in [4.78, 5) is 106. The average Bonchev–Trinajstić information content (AvgIpc) is 3.61. The highest BCUT2D eigenvalue weighted by molar-refractivity contribution is 7.98. The van der Waals surface area contributed by atoms with Crippen LogP contribution in [-0.2, 0) is 44.2 Å². The molecule has 3 aliphatic heterocycles. The van der Waals surface area contributed by atoms with Crippen LogP contribution >= 0.6 is 11.8 Å². The predicted molar refractivity (Wildman–Crippen MR) is 158 cm³/mol. The van der Waals surface area contributed by atoms with Gasteiger partial charge in [-0.1, -0.05) is 12.8 Å². The van der Waals surface area contributed by atoms with E-state index >= 15 is 0 Å². The first-order valence-electron chi connectivity index (χ1n) is 14.7. The number of urea groups is 1. The van der Waals surface area contributed by atoms with E-state index in [4.69, 9.17) is 9.68 Å². The summed E-state index contributed by atoms with van der Waals surface area (Å²) in [5.74, 6) is -3.79. The Labute approximate surface area is 263 Å². The van der Waals surface area contributed by atoms with Gasteiger partial charge in [0.15, 0.2) is 0 Å². The van der Waals surface area contributed by atoms with Crippen LogP contribution in [0, 0.1) is 0 Å². The Morgan fingerprint density at radius 1 is 0.844 bits per heavy atom. The molecule has 0 aliphatic carbocycles. The first-order chi connectivity index (χ1) is 21.5. The molecule has 242 valence electrons. The monoisotopic (exact) mass is 645 g/mol. The first-order valence-corrected chi connectivity index (χ1v) is 15.9. The third-order valence-electron chi connectivity index (χ3n) is 7.31. The zero-order chi connectivity index (χ0) is 32.5. The molecule has 3 aliphatic rings. The second-order valence-corrected chi connectivity index (χ2v) is 12.0. The van der Waals surface area contributed by atoms with Crippen LogP contribution in [0.25, 0.3) is 0 Å². The average molecular weight is 646 g/mol. The number of amides is 7. The Bertz CT molecular complexity index is 1350. The Hall–Kier alpha value is -4.47. The van der Waals surface area contributed by atoms with Gasteiger partial charge in [0.05, 0.1) is 18.0 Å². The summed E-state index contributed by atoms with van der Waals surface area (Å²) < 4.78 is 0. The predicted octanol–water partition coefficient (Wildman–Crippen LogP) is 2.10. The Morgan fingerprint density at radius 3 is 2.11 bits per heavy atom. The number of rotatable bonds is 15. The van der Waals surface area contributed by atoms with Gasteiger partial charge in [-0.25, -0.2) is 14.4 Å². The molecule has 2 atom stereocenters. The second-order valence-electron chi connectivity index (χ2n) is 10.9. The highest BCUT2D eigenvalue weighted by Gasteiger charge is 2.34. The Balaban J connectivity index is 1.30. The van der Waals surface area contributed by atoms with Crippen molar-refractivity contribution >= 4 is 65.0 Å². The van der Waals surface area contributed by atoms with Gasteiger partial charge in [0.25, 0.3) is 23.6 Å². The molecule has 0 spiro atoms. The van der Waals surface area contributed by atoms with Crippen molar-refractivity contribution in [3.63, 3.8) is 0 Å². The maximum Gasteiger partial charge on any atom is 0.364 e. The van der Waals surface area contributed by atoms with Crippen LogP contribution in [0.15, 0.2) is 18.2 Å². The number of carbonyl (C=O) groups is 8. The maximum absolute atomic E-state index is 12.9. The van der Waals surface area contributed by atoms with Crippen molar-refractivity contribution in [3.8, 4) is 0 Å². The summed E-state index contributed by atoms with van der Waals surface area (Å²) in [6, 6.07) is 4.47. The lowest BCUT2D eigenvalue weighted by molar-refractivity contribution is -0.197. The molecule has 16 heteroatoms. The summed E-state index contributed by atoms with van der Waals surface area (Å²) in [6.45, 7) is 1.93. The Morgan fingerprint density at radius 2 is 1.49 bits per heavy atom. The molecule has 0 radical (unpaired) electrons. The van der Waals surface area contributed by atoms with Crippen molar-refractivity contribution < 1.29 is 48.0 Å². The van der Waals surface area contributed by atoms with Gasteiger partial charge in [-0.15, -0.1) is 10.1 Å². The van der Waals surface area contributed by atoms with E-state index in [0.717, 1.165) is 19.3 Å². The number of hydroxylamine groups is 4. The van der Waals surface area contributed by atoms with Crippen LogP contribution in [0.4, 0.5) is 10.5 Å². The molecule has 3 N–H and O–H groups in total. The van der Waals surface area contributed by atoms with Gasteiger partial charge < -0.3 is 25.6 Å².